The van der Waals surface area contributed by atoms with Gasteiger partial charge in [-0.15, -0.1) is 0 Å². The fraction of sp³-hybridized carbons (Fsp3) is 0.667. The van der Waals surface area contributed by atoms with E-state index in [0.29, 0.717) is 13.2 Å². The van der Waals surface area contributed by atoms with Crippen molar-refractivity contribution in [2.24, 2.45) is 0 Å². The summed E-state index contributed by atoms with van der Waals surface area (Å²) in [6.45, 7) is 3.49. The van der Waals surface area contributed by atoms with Gasteiger partial charge in [0.1, 0.15) is 0 Å². The molecule has 0 saturated carbocycles. The van der Waals surface area contributed by atoms with E-state index in [0.717, 1.165) is 0 Å². The van der Waals surface area contributed by atoms with Gasteiger partial charge in [0.25, 0.3) is 0 Å². The third-order valence-electron chi connectivity index (χ3n) is 1.19. The van der Waals surface area contributed by atoms with Crippen LogP contribution in [0, 0.1) is 0 Å². The average Bonchev–Trinajstić information content (AvgIpc) is 1.85. The fourth-order valence-corrected chi connectivity index (χ4v) is 0.460. The maximum absolute atomic E-state index is 12.2. The smallest absolute Gasteiger partial charge is 0.457 e. The molecule has 0 N–H and O–H groups in total. The first-order chi connectivity index (χ1) is 5.23. The van der Waals surface area contributed by atoms with E-state index in [1.54, 1.807) is 0 Å². The summed E-state index contributed by atoms with van der Waals surface area (Å²) >= 11 is 0. The Bertz CT molecular complexity index is 162. The van der Waals surface area contributed by atoms with Crippen LogP contribution in [0.2, 0.25) is 0 Å². The van der Waals surface area contributed by atoms with Crippen molar-refractivity contribution < 1.29 is 26.7 Å². The predicted octanol–water partition coefficient (Wildman–Crippen LogP) is 2.73. The Balaban J connectivity index is 4.48. The average molecular weight is 190 g/mol. The van der Waals surface area contributed by atoms with Crippen molar-refractivity contribution in [3.05, 3.63) is 12.8 Å². The highest BCUT2D eigenvalue weighted by atomic mass is 19.4. The molecule has 0 radical (unpaired) electrons. The Hall–Kier alpha value is -0.810. The van der Waals surface area contributed by atoms with Crippen LogP contribution in [0.25, 0.3) is 0 Å². The zero-order chi connectivity index (χ0) is 9.99. The van der Waals surface area contributed by atoms with Gasteiger partial charge in [0.15, 0.2) is 6.10 Å². The maximum Gasteiger partial charge on any atom is 0.457 e. The molecule has 0 aromatic carbocycles. The van der Waals surface area contributed by atoms with Gasteiger partial charge in [-0.2, -0.15) is 22.0 Å². The van der Waals surface area contributed by atoms with Crippen molar-refractivity contribution in [1.29, 1.82) is 0 Å². The molecule has 1 nitrogen and oxygen atoms in total. The number of halogens is 5. The molecule has 0 spiro atoms. The van der Waals surface area contributed by atoms with E-state index in [1.807, 2.05) is 0 Å². The van der Waals surface area contributed by atoms with E-state index in [1.165, 1.54) is 0 Å². The van der Waals surface area contributed by atoms with E-state index < -0.39 is 18.2 Å². The molecule has 0 heterocycles. The monoisotopic (exact) mass is 190 g/mol. The summed E-state index contributed by atoms with van der Waals surface area (Å²) in [5.74, 6) is -4.85. The largest absolute Gasteiger partial charge is 0.492 e. The molecule has 0 aliphatic heterocycles. The Labute approximate surface area is 65.8 Å². The number of alkyl halides is 5. The van der Waals surface area contributed by atoms with Gasteiger partial charge in [-0.3, -0.25) is 0 Å². The molecule has 1 unspecified atom stereocenters. The van der Waals surface area contributed by atoms with Crippen molar-refractivity contribution in [2.75, 3.05) is 0 Å². The first-order valence-corrected chi connectivity index (χ1v) is 2.94. The molecule has 0 rings (SSSR count). The number of rotatable bonds is 3. The summed E-state index contributed by atoms with van der Waals surface area (Å²) in [5.41, 5.74) is 0. The van der Waals surface area contributed by atoms with Gasteiger partial charge < -0.3 is 4.74 Å². The molecule has 0 aliphatic carbocycles. The number of hydrogen-bond acceptors (Lipinski definition) is 1. The summed E-state index contributed by atoms with van der Waals surface area (Å²) in [6.07, 6.45) is -7.30. The van der Waals surface area contributed by atoms with E-state index in [9.17, 15) is 22.0 Å². The Morgan fingerprint density at radius 2 is 1.67 bits per heavy atom. The van der Waals surface area contributed by atoms with Gasteiger partial charge in [0.2, 0.25) is 0 Å². The molecule has 1 atom stereocenters. The van der Waals surface area contributed by atoms with Gasteiger partial charge >= 0.3 is 12.1 Å². The van der Waals surface area contributed by atoms with Crippen LogP contribution in [-0.2, 0) is 4.74 Å². The molecule has 0 saturated heterocycles. The lowest BCUT2D eigenvalue weighted by Gasteiger charge is -2.24. The second kappa shape index (κ2) is 3.28. The van der Waals surface area contributed by atoms with Crippen LogP contribution in [0.5, 0.6) is 0 Å². The minimum atomic E-state index is -5.59. The molecule has 0 fully saturated rings. The summed E-state index contributed by atoms with van der Waals surface area (Å²) in [6, 6.07) is 0. The lowest BCUT2D eigenvalue weighted by Crippen LogP contribution is -2.46. The van der Waals surface area contributed by atoms with E-state index in [4.69, 9.17) is 0 Å². The third-order valence-corrected chi connectivity index (χ3v) is 1.19. The van der Waals surface area contributed by atoms with Crippen molar-refractivity contribution in [3.63, 3.8) is 0 Å². The normalized spacial score (nSPS) is 15.5. The van der Waals surface area contributed by atoms with Crippen LogP contribution in [0.4, 0.5) is 22.0 Å². The van der Waals surface area contributed by atoms with Crippen molar-refractivity contribution >= 4 is 0 Å². The molecule has 0 bridgehead atoms. The Morgan fingerprint density at radius 3 is 1.92 bits per heavy atom. The molecule has 0 amide bonds. The minimum Gasteiger partial charge on any atom is -0.492 e. The Kier molecular flexibility index (Phi) is 3.06. The van der Waals surface area contributed by atoms with Crippen LogP contribution in [0.1, 0.15) is 6.92 Å². The first-order valence-electron chi connectivity index (χ1n) is 2.94. The van der Waals surface area contributed by atoms with Gasteiger partial charge in [-0.1, -0.05) is 6.58 Å². The standard InChI is InChI=1S/C6H7F5O/c1-3-12-4(2)5(7,8)6(9,10)11/h3-4H,1H2,2H3. The Morgan fingerprint density at radius 1 is 1.25 bits per heavy atom. The summed E-state index contributed by atoms with van der Waals surface area (Å²) in [4.78, 5) is 0. The number of ether oxygens (including phenoxy) is 1. The second-order valence-electron chi connectivity index (χ2n) is 2.07. The van der Waals surface area contributed by atoms with Crippen molar-refractivity contribution in [3.8, 4) is 0 Å². The summed E-state index contributed by atoms with van der Waals surface area (Å²) in [5, 5.41) is 0. The predicted molar refractivity (Wildman–Crippen MR) is 31.7 cm³/mol. The summed E-state index contributed by atoms with van der Waals surface area (Å²) in [7, 11) is 0. The fourth-order valence-electron chi connectivity index (χ4n) is 0.460. The van der Waals surface area contributed by atoms with Crippen LogP contribution in [0.15, 0.2) is 12.8 Å². The van der Waals surface area contributed by atoms with Crippen LogP contribution < -0.4 is 0 Å². The highest BCUT2D eigenvalue weighted by Crippen LogP contribution is 2.39. The molecule has 72 valence electrons. The van der Waals surface area contributed by atoms with Gasteiger partial charge in [0, 0.05) is 0 Å². The van der Waals surface area contributed by atoms with Gasteiger partial charge in [0.05, 0.1) is 6.26 Å². The highest BCUT2D eigenvalue weighted by Gasteiger charge is 2.62. The lowest BCUT2D eigenvalue weighted by molar-refractivity contribution is -0.310. The van der Waals surface area contributed by atoms with E-state index in [-0.39, 0.29) is 0 Å². The van der Waals surface area contributed by atoms with Crippen molar-refractivity contribution in [1.82, 2.24) is 0 Å². The number of hydrogen-bond donors (Lipinski definition) is 0. The SMILES string of the molecule is C=COC(C)C(F)(F)C(F)(F)F. The van der Waals surface area contributed by atoms with Crippen LogP contribution in [0.3, 0.4) is 0 Å². The molecular formula is C6H7F5O. The van der Waals surface area contributed by atoms with Crippen molar-refractivity contribution in [2.45, 2.75) is 25.1 Å². The van der Waals surface area contributed by atoms with Crippen LogP contribution >= 0.6 is 0 Å². The quantitative estimate of drug-likeness (QED) is 0.491. The molecule has 0 aromatic heterocycles. The summed E-state index contributed by atoms with van der Waals surface area (Å²) < 4.78 is 63.0. The highest BCUT2D eigenvalue weighted by molar-refractivity contribution is 4.83. The van der Waals surface area contributed by atoms with Crippen LogP contribution in [-0.4, -0.2) is 18.2 Å². The first kappa shape index (κ1) is 11.2. The van der Waals surface area contributed by atoms with E-state index >= 15 is 0 Å². The molecular weight excluding hydrogens is 183 g/mol. The molecule has 12 heavy (non-hydrogen) atoms. The van der Waals surface area contributed by atoms with E-state index in [2.05, 4.69) is 11.3 Å². The topological polar surface area (TPSA) is 9.23 Å². The zero-order valence-electron chi connectivity index (χ0n) is 6.16. The molecule has 6 heteroatoms. The second-order valence-corrected chi connectivity index (χ2v) is 2.07. The lowest BCUT2D eigenvalue weighted by atomic mass is 10.2. The minimum absolute atomic E-state index is 0.546. The molecule has 0 aromatic rings. The molecule has 0 aliphatic rings. The third kappa shape index (κ3) is 2.09. The zero-order valence-corrected chi connectivity index (χ0v) is 6.16. The van der Waals surface area contributed by atoms with Gasteiger partial charge in [-0.25, -0.2) is 0 Å². The maximum atomic E-state index is 12.2. The van der Waals surface area contributed by atoms with Gasteiger partial charge in [-0.05, 0) is 6.92 Å².